The summed E-state index contributed by atoms with van der Waals surface area (Å²) in [5.74, 6) is -0.488. The molecule has 4 aromatic rings. The van der Waals surface area contributed by atoms with E-state index in [1.165, 1.54) is 12.7 Å². The molecule has 0 heterocycles. The zero-order valence-electron chi connectivity index (χ0n) is 35.4. The van der Waals surface area contributed by atoms with Crippen LogP contribution in [0, 0.1) is 17.8 Å². The van der Waals surface area contributed by atoms with Crippen molar-refractivity contribution in [3.8, 4) is 11.5 Å². The number of carbonyl (C=O) groups is 3. The number of amides is 2. The van der Waals surface area contributed by atoms with Crippen molar-refractivity contribution in [3.05, 3.63) is 106 Å². The van der Waals surface area contributed by atoms with Crippen LogP contribution in [0.25, 0.3) is 0 Å². The number of aliphatic imine (C=N–C) groups is 1. The number of rotatable bonds is 16. The van der Waals surface area contributed by atoms with Gasteiger partial charge in [-0.15, -0.1) is 0 Å². The predicted octanol–water partition coefficient (Wildman–Crippen LogP) is 11.1. The zero-order chi connectivity index (χ0) is 42.1. The Morgan fingerprint density at radius 1 is 0.807 bits per heavy atom. The minimum absolute atomic E-state index is 0.000632. The van der Waals surface area contributed by atoms with Crippen LogP contribution in [0.15, 0.2) is 83.9 Å². The van der Waals surface area contributed by atoms with Gasteiger partial charge in [0.15, 0.2) is 11.8 Å². The molecule has 4 rings (SSSR count). The molecule has 57 heavy (non-hydrogen) atoms. The molecule has 0 fully saturated rings. The second kappa shape index (κ2) is 19.3. The summed E-state index contributed by atoms with van der Waals surface area (Å²) in [5.41, 5.74) is 5.09. The third kappa shape index (κ3) is 12.4. The molecule has 4 aromatic carbocycles. The average molecular weight is 795 g/mol. The summed E-state index contributed by atoms with van der Waals surface area (Å²) in [4.78, 5) is 48.6. The molecule has 10 heteroatoms. The summed E-state index contributed by atoms with van der Waals surface area (Å²) in [7, 11) is 1.54. The number of hydrogen-bond donors (Lipinski definition) is 2. The van der Waals surface area contributed by atoms with E-state index >= 15 is 0 Å². The fraction of sp³-hybridized carbons (Fsp3) is 0.404. The molecule has 0 aliphatic heterocycles. The van der Waals surface area contributed by atoms with E-state index in [1.54, 1.807) is 48.5 Å². The number of Topliss-reactive ketones (excluding diaryl/α,β-unsaturated/α-hetero) is 1. The summed E-state index contributed by atoms with van der Waals surface area (Å²) in [6.45, 7) is 22.8. The molecule has 2 N–H and O–H groups in total. The third-order valence-electron chi connectivity index (χ3n) is 9.34. The van der Waals surface area contributed by atoms with Gasteiger partial charge in [-0.2, -0.15) is 0 Å². The smallest absolute Gasteiger partial charge is 0.278 e. The molecule has 1 unspecified atom stereocenters. The van der Waals surface area contributed by atoms with Gasteiger partial charge in [0.2, 0.25) is 5.78 Å². The Balaban J connectivity index is 1.62. The van der Waals surface area contributed by atoms with Crippen LogP contribution in [-0.4, -0.2) is 49.6 Å². The molecule has 2 amide bonds. The first-order valence-electron chi connectivity index (χ1n) is 19.7. The summed E-state index contributed by atoms with van der Waals surface area (Å²) in [6.07, 6.45) is 1.28. The number of ketones is 1. The Bertz CT molecular complexity index is 2080. The van der Waals surface area contributed by atoms with Crippen LogP contribution < -0.4 is 25.0 Å². The third-order valence-corrected chi connectivity index (χ3v) is 9.75. The highest BCUT2D eigenvalue weighted by atomic mass is 35.5. The minimum atomic E-state index is -0.816. The fourth-order valence-electron chi connectivity index (χ4n) is 6.53. The molecule has 0 aromatic heterocycles. The number of benzene rings is 4. The molecule has 0 aliphatic carbocycles. The fourth-order valence-corrected chi connectivity index (χ4v) is 6.75. The maximum absolute atomic E-state index is 14.0. The molecule has 0 saturated heterocycles. The number of nitrogens with zero attached hydrogens (tertiary/aromatic N) is 2. The van der Waals surface area contributed by atoms with Crippen LogP contribution in [0.4, 0.5) is 22.7 Å². The Labute approximate surface area is 344 Å². The summed E-state index contributed by atoms with van der Waals surface area (Å²) in [5, 5.41) is 5.77. The highest BCUT2D eigenvalue weighted by Gasteiger charge is 2.26. The first-order chi connectivity index (χ1) is 26.9. The molecule has 0 spiro atoms. The molecule has 0 radical (unpaired) electrons. The number of halogens is 1. The normalized spacial score (nSPS) is 12.5. The average Bonchev–Trinajstić information content (AvgIpc) is 3.14. The van der Waals surface area contributed by atoms with Crippen LogP contribution in [0.3, 0.4) is 0 Å². The van der Waals surface area contributed by atoms with Gasteiger partial charge < -0.3 is 25.0 Å². The number of hydrogen-bond acceptors (Lipinski definition) is 7. The SMILES string of the molecule is CCC(Oc1ccc(CC(C)(C)C)cc1CC(C)(C)C)C(=O)Nc1cccc(NC(=O)C(=Nc2ccc(N(CC)CC)cc2C)C(=O)c2ccc(OC)cc2)c1Cl. The lowest BCUT2D eigenvalue weighted by Crippen LogP contribution is -2.33. The number of ether oxygens (including phenoxy) is 2. The van der Waals surface area contributed by atoms with Gasteiger partial charge in [-0.05, 0) is 128 Å². The highest BCUT2D eigenvalue weighted by Crippen LogP contribution is 2.34. The quantitative estimate of drug-likeness (QED) is 0.0664. The lowest BCUT2D eigenvalue weighted by Gasteiger charge is -2.25. The summed E-state index contributed by atoms with van der Waals surface area (Å²) < 4.78 is 11.7. The Morgan fingerprint density at radius 2 is 1.44 bits per heavy atom. The van der Waals surface area contributed by atoms with Crippen LogP contribution in [0.5, 0.6) is 11.5 Å². The van der Waals surface area contributed by atoms with Crippen molar-refractivity contribution in [2.24, 2.45) is 15.8 Å². The van der Waals surface area contributed by atoms with Crippen molar-refractivity contribution < 1.29 is 23.9 Å². The maximum atomic E-state index is 14.0. The van der Waals surface area contributed by atoms with Gasteiger partial charge in [-0.25, -0.2) is 4.99 Å². The Kier molecular flexibility index (Phi) is 15.1. The van der Waals surface area contributed by atoms with E-state index in [0.29, 0.717) is 23.6 Å². The molecule has 304 valence electrons. The van der Waals surface area contributed by atoms with Gasteiger partial charge >= 0.3 is 0 Å². The molecule has 0 bridgehead atoms. The standard InChI is InChI=1S/C47H59ClN4O5/c1-12-39(57-40-25-18-31(28-46(5,6)7)27-33(40)29-47(8,9)10)44(54)50-37-16-15-17-38(41(37)48)51-45(55)42(43(53)32-19-22-35(56-11)23-20-32)49-36-24-21-34(26-30(36)4)52(13-2)14-3/h15-27,39H,12-14,28-29H2,1-11H3,(H,50,54)(H,51,55). The molecule has 0 aliphatic rings. The molecule has 9 nitrogen and oxygen atoms in total. The second-order valence-corrected chi connectivity index (χ2v) is 17.1. The van der Waals surface area contributed by atoms with E-state index < -0.39 is 17.8 Å². The number of anilines is 3. The highest BCUT2D eigenvalue weighted by molar-refractivity contribution is 6.70. The topological polar surface area (TPSA) is 109 Å². The Morgan fingerprint density at radius 3 is 2.00 bits per heavy atom. The number of nitrogens with one attached hydrogen (secondary N) is 2. The van der Waals surface area contributed by atoms with Crippen molar-refractivity contribution in [2.75, 3.05) is 35.7 Å². The largest absolute Gasteiger partial charge is 0.497 e. The van der Waals surface area contributed by atoms with Gasteiger partial charge in [0.05, 0.1) is 29.2 Å². The van der Waals surface area contributed by atoms with Crippen LogP contribution in [0.1, 0.15) is 95.8 Å². The van der Waals surface area contributed by atoms with E-state index in [2.05, 4.69) is 88.0 Å². The van der Waals surface area contributed by atoms with E-state index in [9.17, 15) is 14.4 Å². The Hall–Kier alpha value is -5.15. The van der Waals surface area contributed by atoms with Crippen molar-refractivity contribution in [1.82, 2.24) is 0 Å². The van der Waals surface area contributed by atoms with Gasteiger partial charge in [0, 0.05) is 24.3 Å². The van der Waals surface area contributed by atoms with Crippen LogP contribution in [0.2, 0.25) is 5.02 Å². The van der Waals surface area contributed by atoms with E-state index in [-0.39, 0.29) is 44.4 Å². The van der Waals surface area contributed by atoms with Crippen molar-refractivity contribution >= 4 is 57.7 Å². The van der Waals surface area contributed by atoms with Crippen molar-refractivity contribution in [2.45, 2.75) is 94.6 Å². The second-order valence-electron chi connectivity index (χ2n) is 16.7. The summed E-state index contributed by atoms with van der Waals surface area (Å²) >= 11 is 6.85. The van der Waals surface area contributed by atoms with Crippen LogP contribution >= 0.6 is 11.6 Å². The predicted molar refractivity (Wildman–Crippen MR) is 235 cm³/mol. The van der Waals surface area contributed by atoms with E-state index in [4.69, 9.17) is 21.1 Å². The monoisotopic (exact) mass is 794 g/mol. The zero-order valence-corrected chi connectivity index (χ0v) is 36.2. The number of methoxy groups -OCH3 is 1. The van der Waals surface area contributed by atoms with Crippen LogP contribution in [-0.2, 0) is 22.4 Å². The minimum Gasteiger partial charge on any atom is -0.497 e. The van der Waals surface area contributed by atoms with E-state index in [1.807, 2.05) is 32.0 Å². The lowest BCUT2D eigenvalue weighted by molar-refractivity contribution is -0.122. The molecule has 0 saturated carbocycles. The van der Waals surface area contributed by atoms with Gasteiger partial charge in [-0.3, -0.25) is 14.4 Å². The molecular formula is C47H59ClN4O5. The molecular weight excluding hydrogens is 736 g/mol. The van der Waals surface area contributed by atoms with Crippen molar-refractivity contribution in [1.29, 1.82) is 0 Å². The summed E-state index contributed by atoms with van der Waals surface area (Å²) in [6, 6.07) is 23.3. The lowest BCUT2D eigenvalue weighted by atomic mass is 9.84. The van der Waals surface area contributed by atoms with E-state index in [0.717, 1.165) is 42.7 Å². The first kappa shape index (κ1) is 44.6. The first-order valence-corrected chi connectivity index (χ1v) is 20.1. The van der Waals surface area contributed by atoms with Gasteiger partial charge in [0.25, 0.3) is 11.8 Å². The molecule has 1 atom stereocenters. The number of carbonyl (C=O) groups excluding carboxylic acids is 3. The maximum Gasteiger partial charge on any atom is 0.278 e. The van der Waals surface area contributed by atoms with Gasteiger partial charge in [-0.1, -0.05) is 78.3 Å². The van der Waals surface area contributed by atoms with Gasteiger partial charge in [0.1, 0.15) is 11.5 Å². The van der Waals surface area contributed by atoms with Crippen molar-refractivity contribution in [3.63, 3.8) is 0 Å². The number of aryl methyl sites for hydroxylation is 1.